The van der Waals surface area contributed by atoms with Gasteiger partial charge in [0.05, 0.1) is 10.6 Å². The smallest absolute Gasteiger partial charge is 0.203 e. The van der Waals surface area contributed by atoms with Crippen LogP contribution in [0, 0.1) is 6.92 Å². The van der Waals surface area contributed by atoms with Crippen molar-refractivity contribution in [3.05, 3.63) is 52.4 Å². The molecule has 6 heteroatoms. The molecule has 2 aromatic rings. The number of hydrogen-bond donors (Lipinski definition) is 0. The molecule has 1 aromatic heterocycles. The lowest BCUT2D eigenvalue weighted by molar-refractivity contribution is 0.601. The lowest BCUT2D eigenvalue weighted by Gasteiger charge is -2.07. The standard InChI is InChI=1S/C12H12N2O3S/c1-9-12(15)6-7-14(13-9)10-4-3-5-11(8-10)18(2,16)17/h3-8H,1-2H3. The molecule has 0 spiro atoms. The molecule has 0 unspecified atom stereocenters. The zero-order valence-electron chi connectivity index (χ0n) is 9.99. The van der Waals surface area contributed by atoms with Gasteiger partial charge in [0, 0.05) is 18.5 Å². The van der Waals surface area contributed by atoms with Gasteiger partial charge < -0.3 is 0 Å². The highest BCUT2D eigenvalue weighted by molar-refractivity contribution is 7.90. The number of aryl methyl sites for hydroxylation is 1. The maximum Gasteiger partial charge on any atom is 0.203 e. The Kier molecular flexibility index (Phi) is 3.04. The van der Waals surface area contributed by atoms with E-state index in [4.69, 9.17) is 0 Å². The minimum Gasteiger partial charge on any atom is -0.288 e. The van der Waals surface area contributed by atoms with Crippen molar-refractivity contribution in [2.45, 2.75) is 11.8 Å². The summed E-state index contributed by atoms with van der Waals surface area (Å²) in [5, 5.41) is 4.08. The van der Waals surface area contributed by atoms with Gasteiger partial charge in [0.1, 0.15) is 5.69 Å². The fraction of sp³-hybridized carbons (Fsp3) is 0.167. The predicted molar refractivity (Wildman–Crippen MR) is 67.7 cm³/mol. The van der Waals surface area contributed by atoms with Crippen LogP contribution in [0.4, 0.5) is 0 Å². The van der Waals surface area contributed by atoms with Crippen LogP contribution in [0.3, 0.4) is 0 Å². The topological polar surface area (TPSA) is 69.0 Å². The molecule has 0 radical (unpaired) electrons. The summed E-state index contributed by atoms with van der Waals surface area (Å²) in [5.74, 6) is 0. The van der Waals surface area contributed by atoms with Crippen molar-refractivity contribution in [1.29, 1.82) is 0 Å². The number of rotatable bonds is 2. The van der Waals surface area contributed by atoms with Crippen LogP contribution in [-0.4, -0.2) is 24.5 Å². The first-order valence-electron chi connectivity index (χ1n) is 5.25. The molecule has 0 aliphatic carbocycles. The molecule has 0 amide bonds. The van der Waals surface area contributed by atoms with Gasteiger partial charge in [-0.2, -0.15) is 5.10 Å². The number of hydrogen-bond acceptors (Lipinski definition) is 4. The monoisotopic (exact) mass is 264 g/mol. The molecule has 0 aliphatic rings. The van der Waals surface area contributed by atoms with E-state index < -0.39 is 9.84 Å². The van der Waals surface area contributed by atoms with Crippen LogP contribution in [0.25, 0.3) is 5.69 Å². The Labute approximate surface area is 105 Å². The van der Waals surface area contributed by atoms with Crippen molar-refractivity contribution < 1.29 is 8.42 Å². The predicted octanol–water partition coefficient (Wildman–Crippen LogP) is 0.944. The molecular weight excluding hydrogens is 252 g/mol. The number of sulfone groups is 1. The minimum atomic E-state index is -3.25. The molecule has 18 heavy (non-hydrogen) atoms. The van der Waals surface area contributed by atoms with Gasteiger partial charge in [-0.25, -0.2) is 13.1 Å². The molecule has 2 rings (SSSR count). The van der Waals surface area contributed by atoms with Crippen molar-refractivity contribution in [2.24, 2.45) is 0 Å². The maximum absolute atomic E-state index is 11.5. The second-order valence-electron chi connectivity index (χ2n) is 3.98. The van der Waals surface area contributed by atoms with Crippen LogP contribution >= 0.6 is 0 Å². The molecule has 1 aromatic carbocycles. The van der Waals surface area contributed by atoms with E-state index in [9.17, 15) is 13.2 Å². The molecule has 94 valence electrons. The molecule has 0 bridgehead atoms. The summed E-state index contributed by atoms with van der Waals surface area (Å²) >= 11 is 0. The first-order valence-corrected chi connectivity index (χ1v) is 7.14. The number of benzene rings is 1. The van der Waals surface area contributed by atoms with Crippen LogP contribution in [-0.2, 0) is 9.84 Å². The van der Waals surface area contributed by atoms with E-state index in [-0.39, 0.29) is 10.3 Å². The van der Waals surface area contributed by atoms with Crippen molar-refractivity contribution in [2.75, 3.05) is 6.26 Å². The van der Waals surface area contributed by atoms with E-state index in [1.165, 1.54) is 29.1 Å². The average molecular weight is 264 g/mol. The van der Waals surface area contributed by atoms with Gasteiger partial charge in [-0.3, -0.25) is 4.79 Å². The first kappa shape index (κ1) is 12.5. The van der Waals surface area contributed by atoms with Gasteiger partial charge in [0.25, 0.3) is 0 Å². The van der Waals surface area contributed by atoms with E-state index in [0.717, 1.165) is 6.26 Å². The zero-order valence-corrected chi connectivity index (χ0v) is 10.8. The number of aromatic nitrogens is 2. The minimum absolute atomic E-state index is 0.148. The summed E-state index contributed by atoms with van der Waals surface area (Å²) in [5.41, 5.74) is 0.814. The third kappa shape index (κ3) is 2.48. The van der Waals surface area contributed by atoms with E-state index in [1.807, 2.05) is 0 Å². The molecule has 1 heterocycles. The summed E-state index contributed by atoms with van der Waals surface area (Å²) in [6.07, 6.45) is 2.66. The van der Waals surface area contributed by atoms with Gasteiger partial charge in [-0.05, 0) is 25.1 Å². The van der Waals surface area contributed by atoms with Crippen molar-refractivity contribution in [3.8, 4) is 5.69 Å². The van der Waals surface area contributed by atoms with E-state index >= 15 is 0 Å². The van der Waals surface area contributed by atoms with E-state index in [1.54, 1.807) is 19.1 Å². The zero-order chi connectivity index (χ0) is 13.3. The second kappa shape index (κ2) is 4.38. The SMILES string of the molecule is Cc1nn(-c2cccc(S(C)(=O)=O)c2)ccc1=O. The van der Waals surface area contributed by atoms with Crippen LogP contribution in [0.2, 0.25) is 0 Å². The second-order valence-corrected chi connectivity index (χ2v) is 6.00. The summed E-state index contributed by atoms with van der Waals surface area (Å²) in [7, 11) is -3.25. The summed E-state index contributed by atoms with van der Waals surface area (Å²) in [6, 6.07) is 7.81. The largest absolute Gasteiger partial charge is 0.288 e. The van der Waals surface area contributed by atoms with Crippen LogP contribution in [0.5, 0.6) is 0 Å². The Morgan fingerprint density at radius 2 is 1.94 bits per heavy atom. The third-order valence-electron chi connectivity index (χ3n) is 2.49. The quantitative estimate of drug-likeness (QED) is 0.809. The van der Waals surface area contributed by atoms with Crippen molar-refractivity contribution in [1.82, 2.24) is 9.78 Å². The van der Waals surface area contributed by atoms with Gasteiger partial charge in [-0.15, -0.1) is 0 Å². The molecule has 0 N–H and O–H groups in total. The average Bonchev–Trinajstić information content (AvgIpc) is 2.32. The summed E-state index contributed by atoms with van der Waals surface area (Å²) in [4.78, 5) is 11.5. The highest BCUT2D eigenvalue weighted by Gasteiger charge is 2.08. The fourth-order valence-corrected chi connectivity index (χ4v) is 2.16. The van der Waals surface area contributed by atoms with Gasteiger partial charge >= 0.3 is 0 Å². The lowest BCUT2D eigenvalue weighted by atomic mass is 10.3. The number of nitrogens with zero attached hydrogens (tertiary/aromatic N) is 2. The van der Waals surface area contributed by atoms with Crippen molar-refractivity contribution >= 4 is 9.84 Å². The molecule has 5 nitrogen and oxygen atoms in total. The first-order chi connectivity index (χ1) is 8.38. The molecule has 0 aliphatic heterocycles. The maximum atomic E-state index is 11.5. The summed E-state index contributed by atoms with van der Waals surface area (Å²) < 4.78 is 24.4. The lowest BCUT2D eigenvalue weighted by Crippen LogP contribution is -2.12. The Balaban J connectivity index is 2.58. The molecule has 0 fully saturated rings. The molecule has 0 saturated carbocycles. The Morgan fingerprint density at radius 3 is 2.56 bits per heavy atom. The highest BCUT2D eigenvalue weighted by Crippen LogP contribution is 2.13. The Hall–Kier alpha value is -1.95. The molecular formula is C12H12N2O3S. The highest BCUT2D eigenvalue weighted by atomic mass is 32.2. The van der Waals surface area contributed by atoms with Crippen LogP contribution < -0.4 is 5.43 Å². The fourth-order valence-electron chi connectivity index (χ4n) is 1.50. The Morgan fingerprint density at radius 1 is 1.22 bits per heavy atom. The Bertz CT molecular complexity index is 748. The van der Waals surface area contributed by atoms with E-state index in [0.29, 0.717) is 11.4 Å². The van der Waals surface area contributed by atoms with Gasteiger partial charge in [0.15, 0.2) is 9.84 Å². The van der Waals surface area contributed by atoms with Gasteiger partial charge in [-0.1, -0.05) is 6.07 Å². The molecule has 0 atom stereocenters. The van der Waals surface area contributed by atoms with Crippen LogP contribution in [0.15, 0.2) is 46.2 Å². The van der Waals surface area contributed by atoms with E-state index in [2.05, 4.69) is 5.10 Å². The third-order valence-corrected chi connectivity index (χ3v) is 3.60. The van der Waals surface area contributed by atoms with Gasteiger partial charge in [0.2, 0.25) is 5.43 Å². The molecule has 0 saturated heterocycles. The van der Waals surface area contributed by atoms with Crippen molar-refractivity contribution in [3.63, 3.8) is 0 Å². The summed E-state index contributed by atoms with van der Waals surface area (Å²) in [6.45, 7) is 1.61. The normalized spacial score (nSPS) is 11.4. The van der Waals surface area contributed by atoms with Crippen LogP contribution in [0.1, 0.15) is 5.69 Å².